The number of carbonyl (C=O) groups is 2. The summed E-state index contributed by atoms with van der Waals surface area (Å²) in [6.45, 7) is 2.99. The van der Waals surface area contributed by atoms with Crippen molar-refractivity contribution in [3.05, 3.63) is 30.0 Å². The maximum absolute atomic E-state index is 13.0. The lowest BCUT2D eigenvalue weighted by Crippen LogP contribution is -2.43. The van der Waals surface area contributed by atoms with Crippen LogP contribution in [0.1, 0.15) is 49.5 Å². The number of hydrogen-bond acceptors (Lipinski definition) is 5. The Morgan fingerprint density at radius 1 is 1.13 bits per heavy atom. The predicted octanol–water partition coefficient (Wildman–Crippen LogP) is 3.89. The number of H-pyrrole nitrogens is 1. The number of benzene rings is 1. The number of anilines is 1. The number of rotatable bonds is 6. The van der Waals surface area contributed by atoms with E-state index in [0.29, 0.717) is 30.2 Å². The summed E-state index contributed by atoms with van der Waals surface area (Å²) in [7, 11) is 1.79. The number of aromatic nitrogens is 1. The SMILES string of the molecule is CCOC(=O)c1cc2cc(NC(=O)[C@H]3NCC[C@H]3C3CCC(OC)CC3)ccc2[nH]1.Cl. The van der Waals surface area contributed by atoms with Crippen molar-refractivity contribution < 1.29 is 19.1 Å². The molecule has 1 aromatic heterocycles. The monoisotopic (exact) mass is 449 g/mol. The normalized spacial score (nSPS) is 25.7. The smallest absolute Gasteiger partial charge is 0.354 e. The molecule has 4 rings (SSSR count). The van der Waals surface area contributed by atoms with Crippen LogP contribution in [0.2, 0.25) is 0 Å². The molecule has 2 fully saturated rings. The van der Waals surface area contributed by atoms with Crippen LogP contribution in [0.3, 0.4) is 0 Å². The summed E-state index contributed by atoms with van der Waals surface area (Å²) in [5.41, 5.74) is 1.99. The summed E-state index contributed by atoms with van der Waals surface area (Å²) in [6, 6.07) is 7.22. The van der Waals surface area contributed by atoms with Crippen LogP contribution in [0.25, 0.3) is 10.9 Å². The number of nitrogens with one attached hydrogen (secondary N) is 3. The number of carbonyl (C=O) groups excluding carboxylic acids is 2. The number of halogens is 1. The highest BCUT2D eigenvalue weighted by Crippen LogP contribution is 2.37. The van der Waals surface area contributed by atoms with Gasteiger partial charge in [-0.1, -0.05) is 0 Å². The number of fused-ring (bicyclic) bond motifs is 1. The zero-order valence-electron chi connectivity index (χ0n) is 18.1. The fourth-order valence-corrected chi connectivity index (χ4v) is 5.02. The number of aromatic amines is 1. The third kappa shape index (κ3) is 5.22. The van der Waals surface area contributed by atoms with E-state index in [9.17, 15) is 9.59 Å². The van der Waals surface area contributed by atoms with Crippen molar-refractivity contribution in [2.24, 2.45) is 11.8 Å². The number of ether oxygens (including phenoxy) is 2. The van der Waals surface area contributed by atoms with Crippen molar-refractivity contribution in [2.45, 2.75) is 51.2 Å². The van der Waals surface area contributed by atoms with Crippen molar-refractivity contribution >= 4 is 40.9 Å². The molecule has 8 heteroatoms. The molecule has 1 saturated carbocycles. The molecule has 1 aromatic carbocycles. The summed E-state index contributed by atoms with van der Waals surface area (Å²) in [4.78, 5) is 28.0. The fourth-order valence-electron chi connectivity index (χ4n) is 5.02. The van der Waals surface area contributed by atoms with Gasteiger partial charge in [-0.3, -0.25) is 4.79 Å². The topological polar surface area (TPSA) is 92.4 Å². The Morgan fingerprint density at radius 3 is 2.61 bits per heavy atom. The summed E-state index contributed by atoms with van der Waals surface area (Å²) in [5, 5.41) is 7.35. The first-order valence-electron chi connectivity index (χ1n) is 11.0. The Bertz CT molecular complexity index is 907. The molecule has 31 heavy (non-hydrogen) atoms. The standard InChI is InChI=1S/C23H31N3O4.ClH/c1-3-30-23(28)20-13-15-12-16(6-9-19(15)26-20)25-22(27)21-18(10-11-24-21)14-4-7-17(29-2)8-5-14;/h6,9,12-14,17-18,21,24,26H,3-5,7-8,10-11H2,1-2H3,(H,25,27);1H/t14?,17?,18-,21-;/m0./s1. The summed E-state index contributed by atoms with van der Waals surface area (Å²) in [5.74, 6) is 0.586. The molecule has 0 unspecified atom stereocenters. The fraction of sp³-hybridized carbons (Fsp3) is 0.565. The highest BCUT2D eigenvalue weighted by molar-refractivity contribution is 5.99. The van der Waals surface area contributed by atoms with Crippen molar-refractivity contribution in [1.82, 2.24) is 10.3 Å². The van der Waals surface area contributed by atoms with E-state index in [4.69, 9.17) is 9.47 Å². The largest absolute Gasteiger partial charge is 0.461 e. The maximum Gasteiger partial charge on any atom is 0.354 e. The van der Waals surface area contributed by atoms with Crippen LogP contribution in [0, 0.1) is 11.8 Å². The molecule has 1 amide bonds. The van der Waals surface area contributed by atoms with Gasteiger partial charge in [-0.2, -0.15) is 0 Å². The minimum absolute atomic E-state index is 0. The molecule has 170 valence electrons. The number of esters is 1. The maximum atomic E-state index is 13.0. The summed E-state index contributed by atoms with van der Waals surface area (Å²) >= 11 is 0. The van der Waals surface area contributed by atoms with Crippen molar-refractivity contribution in [1.29, 1.82) is 0 Å². The van der Waals surface area contributed by atoms with Crippen molar-refractivity contribution in [2.75, 3.05) is 25.6 Å². The predicted molar refractivity (Wildman–Crippen MR) is 123 cm³/mol. The second kappa shape index (κ2) is 10.5. The molecule has 1 aliphatic carbocycles. The summed E-state index contributed by atoms with van der Waals surface area (Å²) in [6.07, 6.45) is 5.83. The van der Waals surface area contributed by atoms with E-state index in [1.807, 2.05) is 18.2 Å². The molecule has 1 aliphatic heterocycles. The van der Waals surface area contributed by atoms with Crippen molar-refractivity contribution in [3.63, 3.8) is 0 Å². The molecule has 3 N–H and O–H groups in total. The van der Waals surface area contributed by atoms with E-state index in [2.05, 4.69) is 15.6 Å². The van der Waals surface area contributed by atoms with Gasteiger partial charge in [-0.05, 0) is 81.7 Å². The van der Waals surface area contributed by atoms with Gasteiger partial charge in [0, 0.05) is 23.7 Å². The Labute approximate surface area is 189 Å². The van der Waals surface area contributed by atoms with Gasteiger partial charge >= 0.3 is 5.97 Å². The highest BCUT2D eigenvalue weighted by atomic mass is 35.5. The van der Waals surface area contributed by atoms with Gasteiger partial charge < -0.3 is 25.1 Å². The zero-order chi connectivity index (χ0) is 21.1. The van der Waals surface area contributed by atoms with Crippen LogP contribution in [0.5, 0.6) is 0 Å². The lowest BCUT2D eigenvalue weighted by Gasteiger charge is -2.33. The zero-order valence-corrected chi connectivity index (χ0v) is 18.9. The Kier molecular flexibility index (Phi) is 7.97. The Hall–Kier alpha value is -2.09. The number of amides is 1. The molecule has 2 aliphatic rings. The Morgan fingerprint density at radius 2 is 1.90 bits per heavy atom. The van der Waals surface area contributed by atoms with Gasteiger partial charge in [-0.25, -0.2) is 4.79 Å². The first-order chi connectivity index (χ1) is 14.6. The molecular weight excluding hydrogens is 418 g/mol. The third-order valence-electron chi connectivity index (χ3n) is 6.59. The molecule has 0 bridgehead atoms. The van der Waals surface area contributed by atoms with Crippen LogP contribution in [0.15, 0.2) is 24.3 Å². The molecule has 7 nitrogen and oxygen atoms in total. The number of methoxy groups -OCH3 is 1. The van der Waals surface area contributed by atoms with E-state index in [1.165, 1.54) is 0 Å². The van der Waals surface area contributed by atoms with Gasteiger partial charge in [0.25, 0.3) is 0 Å². The highest BCUT2D eigenvalue weighted by Gasteiger charge is 2.39. The lowest BCUT2D eigenvalue weighted by molar-refractivity contribution is -0.119. The molecule has 2 aromatic rings. The number of hydrogen-bond donors (Lipinski definition) is 3. The average molecular weight is 450 g/mol. The van der Waals surface area contributed by atoms with E-state index in [0.717, 1.165) is 55.2 Å². The molecule has 0 radical (unpaired) electrons. The van der Waals surface area contributed by atoms with Gasteiger partial charge in [0.1, 0.15) is 5.69 Å². The Balaban J connectivity index is 0.00000272. The third-order valence-corrected chi connectivity index (χ3v) is 6.59. The minimum atomic E-state index is -0.375. The first-order valence-corrected chi connectivity index (χ1v) is 11.0. The molecule has 2 heterocycles. The van der Waals surface area contributed by atoms with Gasteiger partial charge in [0.2, 0.25) is 5.91 Å². The first kappa shape index (κ1) is 23.6. The van der Waals surface area contributed by atoms with E-state index in [-0.39, 0.29) is 30.3 Å². The molecule has 2 atom stereocenters. The van der Waals surface area contributed by atoms with Crippen LogP contribution in [0.4, 0.5) is 5.69 Å². The quantitative estimate of drug-likeness (QED) is 0.582. The molecule has 0 spiro atoms. The second-order valence-electron chi connectivity index (χ2n) is 8.35. The molecular formula is C23H32ClN3O4. The van der Waals surface area contributed by atoms with Gasteiger partial charge in [-0.15, -0.1) is 12.4 Å². The average Bonchev–Trinajstić information content (AvgIpc) is 3.41. The molecule has 1 saturated heterocycles. The van der Waals surface area contributed by atoms with Crippen LogP contribution in [-0.4, -0.2) is 49.3 Å². The van der Waals surface area contributed by atoms with Crippen LogP contribution in [-0.2, 0) is 14.3 Å². The second-order valence-corrected chi connectivity index (χ2v) is 8.35. The van der Waals surface area contributed by atoms with E-state index < -0.39 is 0 Å². The van der Waals surface area contributed by atoms with Crippen molar-refractivity contribution in [3.8, 4) is 0 Å². The van der Waals surface area contributed by atoms with Crippen LogP contribution < -0.4 is 10.6 Å². The van der Waals surface area contributed by atoms with Gasteiger partial charge in [0.15, 0.2) is 0 Å². The van der Waals surface area contributed by atoms with Gasteiger partial charge in [0.05, 0.1) is 18.8 Å². The van der Waals surface area contributed by atoms with E-state index in [1.54, 1.807) is 20.1 Å². The lowest BCUT2D eigenvalue weighted by atomic mass is 9.75. The summed E-state index contributed by atoms with van der Waals surface area (Å²) < 4.78 is 10.5. The van der Waals surface area contributed by atoms with Crippen LogP contribution >= 0.6 is 12.4 Å². The van der Waals surface area contributed by atoms with E-state index >= 15 is 0 Å². The minimum Gasteiger partial charge on any atom is -0.461 e.